The van der Waals surface area contributed by atoms with Crippen LogP contribution in [0.1, 0.15) is 5.56 Å². The Bertz CT molecular complexity index is 834. The van der Waals surface area contributed by atoms with Crippen molar-refractivity contribution in [1.82, 2.24) is 4.98 Å². The number of furan rings is 1. The number of rotatable bonds is 3. The number of nitrogens with zero attached hydrogens (tertiary/aromatic N) is 2. The van der Waals surface area contributed by atoms with Crippen LogP contribution in [0.3, 0.4) is 0 Å². The standard InChI is InChI=1S/C17H11ClN2O2/c1-21-17-14(10-19)13(11-4-6-12(18)7-5-11)9-15(20-17)16-3-2-8-22-16/h2-9H,1H3. The van der Waals surface area contributed by atoms with Gasteiger partial charge in [-0.05, 0) is 35.9 Å². The molecule has 3 aromatic rings. The van der Waals surface area contributed by atoms with Gasteiger partial charge in [0, 0.05) is 10.6 Å². The predicted molar refractivity (Wildman–Crippen MR) is 83.7 cm³/mol. The van der Waals surface area contributed by atoms with Crippen molar-refractivity contribution >= 4 is 11.6 Å². The Kier molecular flexibility index (Phi) is 3.82. The maximum Gasteiger partial charge on any atom is 0.232 e. The summed E-state index contributed by atoms with van der Waals surface area (Å²) in [6, 6.07) is 14.8. The van der Waals surface area contributed by atoms with E-state index in [2.05, 4.69) is 11.1 Å². The van der Waals surface area contributed by atoms with Gasteiger partial charge in [-0.2, -0.15) is 5.26 Å². The summed E-state index contributed by atoms with van der Waals surface area (Å²) in [6.45, 7) is 0. The Morgan fingerprint density at radius 2 is 2.00 bits per heavy atom. The van der Waals surface area contributed by atoms with Crippen LogP contribution in [0, 0.1) is 11.3 Å². The Hall–Kier alpha value is -2.77. The highest BCUT2D eigenvalue weighted by molar-refractivity contribution is 6.30. The van der Waals surface area contributed by atoms with E-state index in [1.54, 1.807) is 30.5 Å². The third kappa shape index (κ3) is 2.54. The minimum atomic E-state index is 0.265. The summed E-state index contributed by atoms with van der Waals surface area (Å²) in [5.41, 5.74) is 2.55. The van der Waals surface area contributed by atoms with E-state index >= 15 is 0 Å². The van der Waals surface area contributed by atoms with E-state index in [1.807, 2.05) is 18.2 Å². The molecule has 2 aromatic heterocycles. The predicted octanol–water partition coefficient (Wildman–Crippen LogP) is 4.54. The lowest BCUT2D eigenvalue weighted by Crippen LogP contribution is -1.97. The topological polar surface area (TPSA) is 59.1 Å². The molecule has 0 radical (unpaired) electrons. The number of nitriles is 1. The minimum Gasteiger partial charge on any atom is -0.480 e. The molecule has 0 saturated carbocycles. The largest absolute Gasteiger partial charge is 0.480 e. The molecule has 5 heteroatoms. The van der Waals surface area contributed by atoms with E-state index in [9.17, 15) is 5.26 Å². The molecule has 0 bridgehead atoms. The molecule has 22 heavy (non-hydrogen) atoms. The zero-order valence-corrected chi connectivity index (χ0v) is 12.5. The first kappa shape index (κ1) is 14.2. The molecule has 0 unspecified atom stereocenters. The van der Waals surface area contributed by atoms with Crippen molar-refractivity contribution in [3.63, 3.8) is 0 Å². The number of ether oxygens (including phenoxy) is 1. The van der Waals surface area contributed by atoms with Gasteiger partial charge in [0.2, 0.25) is 5.88 Å². The van der Waals surface area contributed by atoms with Gasteiger partial charge in [0.25, 0.3) is 0 Å². The fraction of sp³-hybridized carbons (Fsp3) is 0.0588. The fourth-order valence-electron chi connectivity index (χ4n) is 2.19. The van der Waals surface area contributed by atoms with Crippen molar-refractivity contribution < 1.29 is 9.15 Å². The number of hydrogen-bond acceptors (Lipinski definition) is 4. The lowest BCUT2D eigenvalue weighted by atomic mass is 10.0. The molecular weight excluding hydrogens is 300 g/mol. The second-order valence-corrected chi connectivity index (χ2v) is 4.97. The van der Waals surface area contributed by atoms with Gasteiger partial charge < -0.3 is 9.15 Å². The maximum atomic E-state index is 9.45. The molecule has 4 nitrogen and oxygen atoms in total. The molecular formula is C17H11ClN2O2. The first-order valence-corrected chi connectivity index (χ1v) is 6.89. The molecule has 0 aliphatic rings. The van der Waals surface area contributed by atoms with E-state index in [1.165, 1.54) is 7.11 Å². The van der Waals surface area contributed by atoms with Crippen LogP contribution in [0.4, 0.5) is 0 Å². The molecule has 0 aliphatic heterocycles. The van der Waals surface area contributed by atoms with E-state index in [0.29, 0.717) is 22.0 Å². The molecule has 0 fully saturated rings. The molecule has 1 aromatic carbocycles. The average Bonchev–Trinajstić information content (AvgIpc) is 3.08. The fourth-order valence-corrected chi connectivity index (χ4v) is 2.31. The van der Waals surface area contributed by atoms with Crippen molar-refractivity contribution in [2.75, 3.05) is 7.11 Å². The van der Waals surface area contributed by atoms with Gasteiger partial charge >= 0.3 is 0 Å². The van der Waals surface area contributed by atoms with Crippen LogP contribution < -0.4 is 4.74 Å². The van der Waals surface area contributed by atoms with Gasteiger partial charge in [-0.15, -0.1) is 0 Å². The first-order chi connectivity index (χ1) is 10.7. The molecule has 0 saturated heterocycles. The smallest absolute Gasteiger partial charge is 0.232 e. The highest BCUT2D eigenvalue weighted by Gasteiger charge is 2.16. The zero-order chi connectivity index (χ0) is 15.5. The van der Waals surface area contributed by atoms with Crippen LogP contribution in [0.5, 0.6) is 5.88 Å². The first-order valence-electron chi connectivity index (χ1n) is 6.52. The van der Waals surface area contributed by atoms with Gasteiger partial charge in [-0.25, -0.2) is 4.98 Å². The summed E-state index contributed by atoms with van der Waals surface area (Å²) in [6.07, 6.45) is 1.57. The highest BCUT2D eigenvalue weighted by Crippen LogP contribution is 2.33. The second kappa shape index (κ2) is 5.92. The maximum absolute atomic E-state index is 9.45. The minimum absolute atomic E-state index is 0.265. The molecule has 108 valence electrons. The zero-order valence-electron chi connectivity index (χ0n) is 11.7. The van der Waals surface area contributed by atoms with Gasteiger partial charge in [-0.1, -0.05) is 23.7 Å². The SMILES string of the molecule is COc1nc(-c2ccco2)cc(-c2ccc(Cl)cc2)c1C#N. The monoisotopic (exact) mass is 310 g/mol. The molecule has 3 rings (SSSR count). The van der Waals surface area contributed by atoms with Gasteiger partial charge in [0.1, 0.15) is 17.3 Å². The number of halogens is 1. The van der Waals surface area contributed by atoms with Crippen molar-refractivity contribution in [3.05, 3.63) is 59.3 Å². The number of benzene rings is 1. The number of aromatic nitrogens is 1. The van der Waals surface area contributed by atoms with Crippen LogP contribution in [-0.4, -0.2) is 12.1 Å². The lowest BCUT2D eigenvalue weighted by Gasteiger charge is -2.10. The summed E-state index contributed by atoms with van der Waals surface area (Å²) >= 11 is 5.93. The third-order valence-corrected chi connectivity index (χ3v) is 3.47. The molecule has 0 amide bonds. The van der Waals surface area contributed by atoms with E-state index in [-0.39, 0.29) is 5.88 Å². The molecule has 0 aliphatic carbocycles. The van der Waals surface area contributed by atoms with Crippen LogP contribution in [0.2, 0.25) is 5.02 Å². The van der Waals surface area contributed by atoms with Crippen molar-refractivity contribution in [3.8, 4) is 34.5 Å². The van der Waals surface area contributed by atoms with Crippen molar-refractivity contribution in [2.45, 2.75) is 0 Å². The Morgan fingerprint density at radius 1 is 1.23 bits per heavy atom. The molecule has 2 heterocycles. The van der Waals surface area contributed by atoms with Gasteiger partial charge in [0.15, 0.2) is 5.76 Å². The quantitative estimate of drug-likeness (QED) is 0.712. The van der Waals surface area contributed by atoms with Crippen molar-refractivity contribution in [1.29, 1.82) is 5.26 Å². The second-order valence-electron chi connectivity index (χ2n) is 4.54. The van der Waals surface area contributed by atoms with Gasteiger partial charge in [-0.3, -0.25) is 0 Å². The Labute approximate surface area is 132 Å². The number of methoxy groups -OCH3 is 1. The summed E-state index contributed by atoms with van der Waals surface area (Å²) in [5, 5.41) is 10.1. The van der Waals surface area contributed by atoms with E-state index in [0.717, 1.165) is 11.1 Å². The van der Waals surface area contributed by atoms with Crippen molar-refractivity contribution in [2.24, 2.45) is 0 Å². The van der Waals surface area contributed by atoms with Gasteiger partial charge in [0.05, 0.1) is 13.4 Å². The highest BCUT2D eigenvalue weighted by atomic mass is 35.5. The number of pyridine rings is 1. The Morgan fingerprint density at radius 3 is 2.59 bits per heavy atom. The van der Waals surface area contributed by atoms with Crippen LogP contribution >= 0.6 is 11.6 Å². The van der Waals surface area contributed by atoms with Crippen LogP contribution in [0.15, 0.2) is 53.1 Å². The normalized spacial score (nSPS) is 10.2. The third-order valence-electron chi connectivity index (χ3n) is 3.22. The number of hydrogen-bond donors (Lipinski definition) is 0. The van der Waals surface area contributed by atoms with E-state index in [4.69, 9.17) is 20.8 Å². The summed E-state index contributed by atoms with van der Waals surface area (Å²) in [7, 11) is 1.49. The Balaban J connectivity index is 2.25. The molecule has 0 atom stereocenters. The summed E-state index contributed by atoms with van der Waals surface area (Å²) < 4.78 is 10.6. The van der Waals surface area contributed by atoms with Crippen LogP contribution in [-0.2, 0) is 0 Å². The molecule has 0 spiro atoms. The van der Waals surface area contributed by atoms with E-state index < -0.39 is 0 Å². The summed E-state index contributed by atoms with van der Waals surface area (Å²) in [5.74, 6) is 0.874. The summed E-state index contributed by atoms with van der Waals surface area (Å²) in [4.78, 5) is 4.34. The van der Waals surface area contributed by atoms with Crippen LogP contribution in [0.25, 0.3) is 22.6 Å². The lowest BCUT2D eigenvalue weighted by molar-refractivity contribution is 0.397. The average molecular weight is 311 g/mol. The molecule has 0 N–H and O–H groups in total.